The van der Waals surface area contributed by atoms with Gasteiger partial charge in [0.2, 0.25) is 0 Å². The third kappa shape index (κ3) is 51.3. The third-order valence-electron chi connectivity index (χ3n) is 7.70. The van der Waals surface area contributed by atoms with E-state index in [0.717, 1.165) is 57.7 Å². The summed E-state index contributed by atoms with van der Waals surface area (Å²) in [5, 5.41) is 24.0. The maximum Gasteiger partial charge on any atom is 0.355 e. The predicted octanol–water partition coefficient (Wildman–Crippen LogP) is 10.0. The highest BCUT2D eigenvalue weighted by molar-refractivity contribution is 5.72. The normalized spacial score (nSPS) is 10.7. The summed E-state index contributed by atoms with van der Waals surface area (Å²) in [5.41, 5.74) is 0. The molecule has 0 aliphatic heterocycles. The number of aliphatic hydroxyl groups is 3. The molecule has 47 heavy (non-hydrogen) atoms. The molecule has 280 valence electrons. The lowest BCUT2D eigenvalue weighted by Gasteiger charge is -2.04. The molecule has 0 spiro atoms. The van der Waals surface area contributed by atoms with Gasteiger partial charge in [0.25, 0.3) is 0 Å². The minimum Gasteiger partial charge on any atom is -0.394 e. The molecular formula is C39H76O8. The summed E-state index contributed by atoms with van der Waals surface area (Å²) in [6.07, 6.45) is 36.7. The second kappa shape index (κ2) is 46.3. The zero-order valence-electron chi connectivity index (χ0n) is 30.9. The van der Waals surface area contributed by atoms with Crippen LogP contribution in [0.1, 0.15) is 201 Å². The molecule has 0 aromatic carbocycles. The van der Waals surface area contributed by atoms with E-state index in [-0.39, 0.29) is 13.2 Å². The van der Waals surface area contributed by atoms with E-state index >= 15 is 0 Å². The van der Waals surface area contributed by atoms with Gasteiger partial charge >= 0.3 is 11.9 Å². The smallest absolute Gasteiger partial charge is 0.355 e. The molecule has 8 heteroatoms. The molecule has 0 aromatic rings. The first-order valence-corrected chi connectivity index (χ1v) is 19.3. The minimum atomic E-state index is -0.954. The summed E-state index contributed by atoms with van der Waals surface area (Å²) in [5.74, 6) is -0.877. The van der Waals surface area contributed by atoms with E-state index in [1.807, 2.05) is 0 Å². The van der Waals surface area contributed by atoms with Crippen LogP contribution >= 0.6 is 0 Å². The molecule has 0 unspecified atom stereocenters. The summed E-state index contributed by atoms with van der Waals surface area (Å²) in [7, 11) is 0. The molecule has 0 atom stereocenters. The van der Waals surface area contributed by atoms with Gasteiger partial charge in [0.1, 0.15) is 12.4 Å². The van der Waals surface area contributed by atoms with Crippen molar-refractivity contribution in [2.75, 3.05) is 13.2 Å². The van der Waals surface area contributed by atoms with E-state index in [0.29, 0.717) is 12.8 Å². The summed E-state index contributed by atoms with van der Waals surface area (Å²) in [6, 6.07) is 0. The van der Waals surface area contributed by atoms with E-state index in [1.165, 1.54) is 116 Å². The Morgan fingerprint density at radius 3 is 1.09 bits per heavy atom. The quantitative estimate of drug-likeness (QED) is 0.0218. The average Bonchev–Trinajstić information content (AvgIpc) is 3.08. The van der Waals surface area contributed by atoms with Crippen molar-refractivity contribution in [1.29, 1.82) is 0 Å². The van der Waals surface area contributed by atoms with Crippen molar-refractivity contribution in [3.8, 4) is 0 Å². The molecule has 0 rings (SSSR count). The fourth-order valence-electron chi connectivity index (χ4n) is 4.63. The van der Waals surface area contributed by atoms with Crippen molar-refractivity contribution >= 4 is 18.2 Å². The maximum absolute atomic E-state index is 11.4. The van der Waals surface area contributed by atoms with Gasteiger partial charge in [-0.25, -0.2) is 19.4 Å². The van der Waals surface area contributed by atoms with Crippen LogP contribution in [0.25, 0.3) is 0 Å². The van der Waals surface area contributed by atoms with Crippen molar-refractivity contribution in [3.63, 3.8) is 0 Å². The number of rotatable bonds is 31. The van der Waals surface area contributed by atoms with Gasteiger partial charge in [-0.3, -0.25) is 0 Å². The molecule has 0 aromatic heterocycles. The second-order valence-corrected chi connectivity index (χ2v) is 12.5. The Hall–Kier alpha value is -1.77. The second-order valence-electron chi connectivity index (χ2n) is 12.5. The number of hydrogen-bond donors (Lipinski definition) is 3. The Morgan fingerprint density at radius 2 is 0.787 bits per heavy atom. The van der Waals surface area contributed by atoms with Gasteiger partial charge in [-0.05, 0) is 44.9 Å². The van der Waals surface area contributed by atoms with E-state index < -0.39 is 18.0 Å². The first-order chi connectivity index (χ1) is 22.9. The fourth-order valence-corrected chi connectivity index (χ4v) is 4.63. The van der Waals surface area contributed by atoms with Gasteiger partial charge < -0.3 is 20.1 Å². The van der Waals surface area contributed by atoms with Gasteiger partial charge in [0.05, 0.1) is 26.1 Å². The number of hydrogen-bond acceptors (Lipinski definition) is 8. The van der Waals surface area contributed by atoms with Crippen LogP contribution in [0.5, 0.6) is 0 Å². The van der Waals surface area contributed by atoms with Gasteiger partial charge in [-0.2, -0.15) is 0 Å². The number of carbonyl (C=O) groups is 3. The molecule has 0 saturated carbocycles. The van der Waals surface area contributed by atoms with Crippen LogP contribution < -0.4 is 0 Å². The van der Waals surface area contributed by atoms with Crippen LogP contribution in [0.3, 0.4) is 0 Å². The zero-order valence-corrected chi connectivity index (χ0v) is 30.9. The zero-order chi connectivity index (χ0) is 35.5. The van der Waals surface area contributed by atoms with E-state index in [9.17, 15) is 14.4 Å². The highest BCUT2D eigenvalue weighted by Gasteiger charge is 2.09. The molecule has 3 N–H and O–H groups in total. The summed E-state index contributed by atoms with van der Waals surface area (Å²) in [6.45, 7) is 5.89. The maximum atomic E-state index is 11.4. The first kappa shape index (κ1) is 49.6. The third-order valence-corrected chi connectivity index (χ3v) is 7.70. The topological polar surface area (TPSA) is 130 Å². The van der Waals surface area contributed by atoms with Gasteiger partial charge in [0.15, 0.2) is 0 Å². The average molecular weight is 673 g/mol. The van der Waals surface area contributed by atoms with Crippen LogP contribution in [-0.4, -0.2) is 52.9 Å². The van der Waals surface area contributed by atoms with Crippen LogP contribution in [0.15, 0.2) is 12.2 Å². The van der Waals surface area contributed by atoms with Crippen LogP contribution in [0, 0.1) is 0 Å². The Bertz CT molecular complexity index is 649. The lowest BCUT2D eigenvalue weighted by molar-refractivity contribution is -0.259. The van der Waals surface area contributed by atoms with Crippen molar-refractivity contribution < 1.29 is 39.5 Å². The Kier molecular flexibility index (Phi) is 48.9. The van der Waals surface area contributed by atoms with E-state index in [2.05, 4.69) is 42.7 Å². The summed E-state index contributed by atoms with van der Waals surface area (Å²) >= 11 is 0. The lowest BCUT2D eigenvalue weighted by Crippen LogP contribution is -2.15. The summed E-state index contributed by atoms with van der Waals surface area (Å²) in [4.78, 5) is 42.0. The standard InChI is InChI=1S/C18H34O4.C18H34O.C3H8O3/c1-3-5-7-9-10-12-14-16-18(20)22-21-17(19)15-13-11-8-6-4-2;1-2-3-4-5-6-7-8-9-10-11-12-13-14-15-16-17-18-19;4-1-3(6)2-5/h3-16H2,1-2H3;9-10,18H,2-8,11-17H2,1H3;3-6H,1-2H2/b;10-9+;. The number of aliphatic hydroxyl groups excluding tert-OH is 3. The number of aldehydes is 1. The van der Waals surface area contributed by atoms with E-state index in [4.69, 9.17) is 15.3 Å². The van der Waals surface area contributed by atoms with Crippen LogP contribution in [0.2, 0.25) is 0 Å². The molecule has 0 aliphatic rings. The largest absolute Gasteiger partial charge is 0.394 e. The number of unbranched alkanes of at least 4 members (excludes halogenated alkanes) is 22. The number of carbonyl (C=O) groups excluding carboxylic acids is 3. The molecule has 0 saturated heterocycles. The van der Waals surface area contributed by atoms with Gasteiger partial charge in [-0.1, -0.05) is 148 Å². The predicted molar refractivity (Wildman–Crippen MR) is 194 cm³/mol. The highest BCUT2D eigenvalue weighted by Crippen LogP contribution is 2.11. The molecule has 0 fully saturated rings. The van der Waals surface area contributed by atoms with Gasteiger partial charge in [0, 0.05) is 6.42 Å². The molecule has 0 amide bonds. The molecule has 0 heterocycles. The van der Waals surface area contributed by atoms with E-state index in [1.54, 1.807) is 0 Å². The Balaban J connectivity index is -0.000000706. The lowest BCUT2D eigenvalue weighted by atomic mass is 10.1. The first-order valence-electron chi connectivity index (χ1n) is 19.3. The highest BCUT2D eigenvalue weighted by atomic mass is 17.2. The molecular weight excluding hydrogens is 596 g/mol. The number of allylic oxidation sites excluding steroid dienone is 2. The van der Waals surface area contributed by atoms with Gasteiger partial charge in [-0.15, -0.1) is 0 Å². The fraction of sp³-hybridized carbons (Fsp3) is 0.872. The van der Waals surface area contributed by atoms with Crippen molar-refractivity contribution in [2.24, 2.45) is 0 Å². The van der Waals surface area contributed by atoms with Crippen LogP contribution in [0.4, 0.5) is 0 Å². The SMILES string of the molecule is CCCCCCCC/C=C/CCCCCCCC=O.CCCCCCCCCC(=O)OOC(=O)CCCCCCC.OCC(O)CO. The van der Waals surface area contributed by atoms with Crippen molar-refractivity contribution in [1.82, 2.24) is 0 Å². The van der Waals surface area contributed by atoms with Crippen molar-refractivity contribution in [3.05, 3.63) is 12.2 Å². The monoisotopic (exact) mass is 673 g/mol. The summed E-state index contributed by atoms with van der Waals surface area (Å²) < 4.78 is 0. The van der Waals surface area contributed by atoms with Crippen molar-refractivity contribution in [2.45, 2.75) is 207 Å². The molecule has 0 bridgehead atoms. The Morgan fingerprint density at radius 1 is 0.489 bits per heavy atom. The molecule has 0 radical (unpaired) electrons. The van der Waals surface area contributed by atoms with Crippen LogP contribution in [-0.2, 0) is 24.2 Å². The Labute approximate surface area is 289 Å². The molecule has 8 nitrogen and oxygen atoms in total. The molecule has 0 aliphatic carbocycles. The minimum absolute atomic E-state index is 0.328.